The van der Waals surface area contributed by atoms with Crippen LogP contribution in [0.15, 0.2) is 48.7 Å². The summed E-state index contributed by atoms with van der Waals surface area (Å²) in [5.74, 6) is 2.10. The lowest BCUT2D eigenvalue weighted by Gasteiger charge is -2.14. The molecule has 3 N–H and O–H groups in total. The van der Waals surface area contributed by atoms with Gasteiger partial charge in [0, 0.05) is 24.5 Å². The van der Waals surface area contributed by atoms with E-state index in [1.54, 1.807) is 13.3 Å². The summed E-state index contributed by atoms with van der Waals surface area (Å²) in [5, 5.41) is 21.0. The number of para-hydroxylation sites is 2. The Bertz CT molecular complexity index is 821. The van der Waals surface area contributed by atoms with Crippen molar-refractivity contribution in [2.75, 3.05) is 33.4 Å². The van der Waals surface area contributed by atoms with Gasteiger partial charge in [-0.15, -0.1) is 0 Å². The molecule has 138 valence electrons. The average Bonchev–Trinajstić information content (AvgIpc) is 3.14. The van der Waals surface area contributed by atoms with Gasteiger partial charge in [-0.1, -0.05) is 12.1 Å². The highest BCUT2D eigenvalue weighted by Crippen LogP contribution is 2.25. The summed E-state index contributed by atoms with van der Waals surface area (Å²) in [5.41, 5.74) is 0.906. The first-order chi connectivity index (χ1) is 12.8. The molecule has 1 heterocycles. The fourth-order valence-corrected chi connectivity index (χ4v) is 2.50. The molecule has 0 saturated heterocycles. The van der Waals surface area contributed by atoms with Crippen LogP contribution in [0.1, 0.15) is 0 Å². The van der Waals surface area contributed by atoms with Gasteiger partial charge in [0.05, 0.1) is 18.8 Å². The molecule has 2 aromatic carbocycles. The third-order valence-corrected chi connectivity index (χ3v) is 3.84. The van der Waals surface area contributed by atoms with Crippen molar-refractivity contribution in [2.45, 2.75) is 6.10 Å². The van der Waals surface area contributed by atoms with Crippen LogP contribution in [0.5, 0.6) is 17.2 Å². The Kier molecular flexibility index (Phi) is 6.29. The topological polar surface area (TPSA) is 88.6 Å². The van der Waals surface area contributed by atoms with E-state index < -0.39 is 6.10 Å². The number of ether oxygens (including phenoxy) is 3. The van der Waals surface area contributed by atoms with Gasteiger partial charge in [0.15, 0.2) is 11.5 Å². The molecule has 0 radical (unpaired) electrons. The van der Waals surface area contributed by atoms with Gasteiger partial charge in [0.25, 0.3) is 0 Å². The minimum absolute atomic E-state index is 0.208. The molecule has 0 spiro atoms. The standard InChI is InChI=1S/C19H23N3O4/c1-24-18-4-2-3-5-19(18)25-9-8-20-12-15(23)13-26-16-7-6-14-11-21-22-17(14)10-16/h2-7,10-11,15,20,23H,8-9,12-13H2,1H3,(H,21,22). The number of aliphatic hydroxyl groups is 1. The molecule has 3 aromatic rings. The number of methoxy groups -OCH3 is 1. The van der Waals surface area contributed by atoms with Crippen molar-refractivity contribution < 1.29 is 19.3 Å². The van der Waals surface area contributed by atoms with E-state index >= 15 is 0 Å². The maximum Gasteiger partial charge on any atom is 0.161 e. The van der Waals surface area contributed by atoms with Crippen LogP contribution >= 0.6 is 0 Å². The lowest BCUT2D eigenvalue weighted by Crippen LogP contribution is -2.33. The van der Waals surface area contributed by atoms with Crippen molar-refractivity contribution in [3.05, 3.63) is 48.7 Å². The normalized spacial score (nSPS) is 12.1. The number of fused-ring (bicyclic) bond motifs is 1. The van der Waals surface area contributed by atoms with E-state index in [9.17, 15) is 5.11 Å². The van der Waals surface area contributed by atoms with Gasteiger partial charge in [-0.25, -0.2) is 0 Å². The largest absolute Gasteiger partial charge is 0.493 e. The number of nitrogens with zero attached hydrogens (tertiary/aromatic N) is 1. The molecule has 0 bridgehead atoms. The Morgan fingerprint density at radius 3 is 2.85 bits per heavy atom. The van der Waals surface area contributed by atoms with Crippen LogP contribution in [0.25, 0.3) is 10.9 Å². The molecule has 1 atom stereocenters. The van der Waals surface area contributed by atoms with Crippen molar-refractivity contribution in [1.82, 2.24) is 15.5 Å². The second kappa shape index (κ2) is 9.07. The molecule has 0 aliphatic rings. The maximum absolute atomic E-state index is 10.0. The van der Waals surface area contributed by atoms with Crippen molar-refractivity contribution in [2.24, 2.45) is 0 Å². The Hall–Kier alpha value is -2.77. The van der Waals surface area contributed by atoms with Gasteiger partial charge in [-0.05, 0) is 24.3 Å². The zero-order valence-electron chi connectivity index (χ0n) is 14.6. The molecule has 1 unspecified atom stereocenters. The first-order valence-electron chi connectivity index (χ1n) is 8.47. The predicted octanol–water partition coefficient (Wildman–Crippen LogP) is 1.98. The molecule has 0 amide bonds. The number of hydrogen-bond acceptors (Lipinski definition) is 6. The number of rotatable bonds is 10. The Labute approximate surface area is 151 Å². The number of nitrogens with one attached hydrogen (secondary N) is 2. The molecule has 0 aliphatic heterocycles. The van der Waals surface area contributed by atoms with Crippen molar-refractivity contribution in [3.63, 3.8) is 0 Å². The van der Waals surface area contributed by atoms with Crippen LogP contribution in [0.4, 0.5) is 0 Å². The van der Waals surface area contributed by atoms with Crippen LogP contribution < -0.4 is 19.5 Å². The summed E-state index contributed by atoms with van der Waals surface area (Å²) < 4.78 is 16.5. The third-order valence-electron chi connectivity index (χ3n) is 3.84. The third kappa shape index (κ3) is 4.87. The summed E-state index contributed by atoms with van der Waals surface area (Å²) in [7, 11) is 1.61. The van der Waals surface area contributed by atoms with E-state index in [0.717, 1.165) is 10.9 Å². The summed E-state index contributed by atoms with van der Waals surface area (Å²) in [4.78, 5) is 0. The highest BCUT2D eigenvalue weighted by molar-refractivity contribution is 5.79. The van der Waals surface area contributed by atoms with Gasteiger partial charge in [0.2, 0.25) is 0 Å². The van der Waals surface area contributed by atoms with E-state index in [4.69, 9.17) is 14.2 Å². The minimum atomic E-state index is -0.612. The molecule has 0 aliphatic carbocycles. The number of hydrogen-bond donors (Lipinski definition) is 3. The fraction of sp³-hybridized carbons (Fsp3) is 0.316. The van der Waals surface area contributed by atoms with Crippen LogP contribution in [0.3, 0.4) is 0 Å². The van der Waals surface area contributed by atoms with Crippen LogP contribution in [-0.2, 0) is 0 Å². The average molecular weight is 357 g/mol. The number of aromatic amines is 1. The van der Waals surface area contributed by atoms with Crippen molar-refractivity contribution in [1.29, 1.82) is 0 Å². The second-order valence-corrected chi connectivity index (χ2v) is 5.79. The number of aromatic nitrogens is 2. The molecule has 0 fully saturated rings. The Morgan fingerprint density at radius 1 is 1.15 bits per heavy atom. The van der Waals surface area contributed by atoms with Crippen LogP contribution in [0.2, 0.25) is 0 Å². The summed E-state index contributed by atoms with van der Waals surface area (Å²) >= 11 is 0. The number of benzene rings is 2. The van der Waals surface area contributed by atoms with Crippen molar-refractivity contribution in [3.8, 4) is 17.2 Å². The van der Waals surface area contributed by atoms with Gasteiger partial charge in [-0.3, -0.25) is 5.10 Å². The van der Waals surface area contributed by atoms with Crippen molar-refractivity contribution >= 4 is 10.9 Å². The Morgan fingerprint density at radius 2 is 2.00 bits per heavy atom. The number of aliphatic hydroxyl groups excluding tert-OH is 1. The van der Waals surface area contributed by atoms with E-state index in [1.165, 1.54) is 0 Å². The number of H-pyrrole nitrogens is 1. The maximum atomic E-state index is 10.0. The van der Waals surface area contributed by atoms with Gasteiger partial charge >= 0.3 is 0 Å². The molecule has 1 aromatic heterocycles. The zero-order valence-corrected chi connectivity index (χ0v) is 14.6. The van der Waals surface area contributed by atoms with Crippen LogP contribution in [-0.4, -0.2) is 54.8 Å². The summed E-state index contributed by atoms with van der Waals surface area (Å²) in [6.07, 6.45) is 1.14. The second-order valence-electron chi connectivity index (χ2n) is 5.79. The molecule has 26 heavy (non-hydrogen) atoms. The smallest absolute Gasteiger partial charge is 0.161 e. The van der Waals surface area contributed by atoms with E-state index in [1.807, 2.05) is 42.5 Å². The lowest BCUT2D eigenvalue weighted by atomic mass is 10.2. The summed E-state index contributed by atoms with van der Waals surface area (Å²) in [6, 6.07) is 13.1. The Balaban J connectivity index is 1.33. The van der Waals surface area contributed by atoms with Gasteiger partial charge < -0.3 is 24.6 Å². The van der Waals surface area contributed by atoms with Crippen LogP contribution in [0, 0.1) is 0 Å². The van der Waals surface area contributed by atoms with E-state index in [-0.39, 0.29) is 6.61 Å². The summed E-state index contributed by atoms with van der Waals surface area (Å²) in [6.45, 7) is 1.71. The molecule has 3 rings (SSSR count). The lowest BCUT2D eigenvalue weighted by molar-refractivity contribution is 0.105. The molecule has 7 heteroatoms. The molecular weight excluding hydrogens is 334 g/mol. The van der Waals surface area contributed by atoms with E-state index in [0.29, 0.717) is 36.9 Å². The highest BCUT2D eigenvalue weighted by Gasteiger charge is 2.07. The van der Waals surface area contributed by atoms with E-state index in [2.05, 4.69) is 15.5 Å². The zero-order chi connectivity index (χ0) is 18.2. The fourth-order valence-electron chi connectivity index (χ4n) is 2.50. The minimum Gasteiger partial charge on any atom is -0.493 e. The first kappa shape index (κ1) is 18.0. The molecular formula is C19H23N3O4. The first-order valence-corrected chi connectivity index (χ1v) is 8.47. The molecule has 0 saturated carbocycles. The monoisotopic (exact) mass is 357 g/mol. The highest BCUT2D eigenvalue weighted by atomic mass is 16.5. The van der Waals surface area contributed by atoms with Gasteiger partial charge in [0.1, 0.15) is 25.1 Å². The quantitative estimate of drug-likeness (QED) is 0.481. The predicted molar refractivity (Wildman–Crippen MR) is 99.0 cm³/mol. The SMILES string of the molecule is COc1ccccc1OCCNCC(O)COc1ccc2cn[nH]c2c1. The van der Waals surface area contributed by atoms with Gasteiger partial charge in [-0.2, -0.15) is 5.10 Å². The molecule has 7 nitrogen and oxygen atoms in total.